The molecule has 0 unspecified atom stereocenters. The Morgan fingerprint density at radius 1 is 1.44 bits per heavy atom. The van der Waals surface area contributed by atoms with E-state index in [0.717, 1.165) is 17.3 Å². The van der Waals surface area contributed by atoms with Crippen molar-refractivity contribution in [2.45, 2.75) is 13.8 Å². The van der Waals surface area contributed by atoms with Crippen LogP contribution in [0.15, 0.2) is 18.2 Å². The van der Waals surface area contributed by atoms with Gasteiger partial charge in [0, 0.05) is 6.92 Å². The molecule has 0 aliphatic heterocycles. The molecule has 1 rings (SSSR count). The van der Waals surface area contributed by atoms with Crippen molar-refractivity contribution in [3.05, 3.63) is 23.8 Å². The van der Waals surface area contributed by atoms with E-state index in [1.807, 2.05) is 6.92 Å². The van der Waals surface area contributed by atoms with Crippen LogP contribution in [-0.2, 0) is 9.59 Å². The van der Waals surface area contributed by atoms with Crippen LogP contribution in [0.25, 0.3) is 0 Å². The quantitative estimate of drug-likeness (QED) is 0.791. The van der Waals surface area contributed by atoms with Crippen molar-refractivity contribution in [2.75, 3.05) is 11.1 Å². The standard InChI is InChI=1S/C11H13NO3S/c1-7-3-4-10(14)9(5-7)12-11(15)6-16-8(2)13/h3-5,14H,6H2,1-2H3,(H,12,15). The molecule has 0 aliphatic carbocycles. The second-order valence-electron chi connectivity index (χ2n) is 3.35. The number of phenolic OH excluding ortho intramolecular Hbond substituents is 1. The molecule has 0 aliphatic rings. The van der Waals surface area contributed by atoms with Gasteiger partial charge in [-0.05, 0) is 24.6 Å². The van der Waals surface area contributed by atoms with Crippen LogP contribution >= 0.6 is 11.8 Å². The maximum atomic E-state index is 11.4. The molecule has 86 valence electrons. The van der Waals surface area contributed by atoms with E-state index in [1.54, 1.807) is 12.1 Å². The van der Waals surface area contributed by atoms with Crippen molar-refractivity contribution in [1.82, 2.24) is 0 Å². The topological polar surface area (TPSA) is 66.4 Å². The van der Waals surface area contributed by atoms with Gasteiger partial charge in [0.15, 0.2) is 5.12 Å². The van der Waals surface area contributed by atoms with Gasteiger partial charge in [0.2, 0.25) is 5.91 Å². The van der Waals surface area contributed by atoms with E-state index in [9.17, 15) is 14.7 Å². The Hall–Kier alpha value is -1.49. The zero-order chi connectivity index (χ0) is 12.1. The Kier molecular flexibility index (Phi) is 4.37. The minimum Gasteiger partial charge on any atom is -0.506 e. The molecule has 16 heavy (non-hydrogen) atoms. The Balaban J connectivity index is 2.62. The van der Waals surface area contributed by atoms with Crippen LogP contribution in [0.3, 0.4) is 0 Å². The number of thioether (sulfide) groups is 1. The SMILES string of the molecule is CC(=O)SCC(=O)Nc1cc(C)ccc1O. The number of hydrogen-bond donors (Lipinski definition) is 2. The molecule has 0 aromatic heterocycles. The third kappa shape index (κ3) is 3.94. The largest absolute Gasteiger partial charge is 0.506 e. The summed E-state index contributed by atoms with van der Waals surface area (Å²) in [7, 11) is 0. The highest BCUT2D eigenvalue weighted by Gasteiger charge is 2.07. The second-order valence-corrected chi connectivity index (χ2v) is 4.50. The predicted octanol–water partition coefficient (Wildman–Crippen LogP) is 1.92. The van der Waals surface area contributed by atoms with E-state index in [1.165, 1.54) is 13.0 Å². The van der Waals surface area contributed by atoms with Crippen LogP contribution < -0.4 is 5.32 Å². The number of carbonyl (C=O) groups excluding carboxylic acids is 2. The smallest absolute Gasteiger partial charge is 0.234 e. The summed E-state index contributed by atoms with van der Waals surface area (Å²) in [5.74, 6) is -0.226. The second kappa shape index (κ2) is 5.55. The molecule has 1 aromatic carbocycles. The Labute approximate surface area is 98.0 Å². The molecule has 0 fully saturated rings. The van der Waals surface area contributed by atoms with Gasteiger partial charge in [-0.3, -0.25) is 9.59 Å². The highest BCUT2D eigenvalue weighted by Crippen LogP contribution is 2.23. The normalized spacial score (nSPS) is 9.88. The van der Waals surface area contributed by atoms with Gasteiger partial charge in [0.05, 0.1) is 11.4 Å². The van der Waals surface area contributed by atoms with E-state index < -0.39 is 0 Å². The van der Waals surface area contributed by atoms with Crippen LogP contribution in [0.2, 0.25) is 0 Å². The lowest BCUT2D eigenvalue weighted by Gasteiger charge is -2.07. The number of aryl methyl sites for hydroxylation is 1. The molecule has 1 amide bonds. The number of hydrogen-bond acceptors (Lipinski definition) is 4. The molecule has 0 saturated carbocycles. The fourth-order valence-corrected chi connectivity index (χ4v) is 1.51. The summed E-state index contributed by atoms with van der Waals surface area (Å²) in [6.07, 6.45) is 0. The maximum Gasteiger partial charge on any atom is 0.234 e. The van der Waals surface area contributed by atoms with Gasteiger partial charge in [0.25, 0.3) is 0 Å². The molecule has 0 radical (unpaired) electrons. The summed E-state index contributed by atoms with van der Waals surface area (Å²) in [6.45, 7) is 3.27. The molecule has 4 nitrogen and oxygen atoms in total. The lowest BCUT2D eigenvalue weighted by atomic mass is 10.2. The number of benzene rings is 1. The minimum atomic E-state index is -0.305. The van der Waals surface area contributed by atoms with E-state index in [2.05, 4.69) is 5.32 Å². The summed E-state index contributed by atoms with van der Waals surface area (Å²) >= 11 is 0.936. The number of phenols is 1. The van der Waals surface area contributed by atoms with E-state index in [4.69, 9.17) is 0 Å². The van der Waals surface area contributed by atoms with Gasteiger partial charge in [-0.1, -0.05) is 17.8 Å². The molecular weight excluding hydrogens is 226 g/mol. The number of aromatic hydroxyl groups is 1. The lowest BCUT2D eigenvalue weighted by Crippen LogP contribution is -2.15. The summed E-state index contributed by atoms with van der Waals surface area (Å²) in [5, 5.41) is 11.9. The number of anilines is 1. The van der Waals surface area contributed by atoms with E-state index >= 15 is 0 Å². The monoisotopic (exact) mass is 239 g/mol. The first-order chi connectivity index (χ1) is 7.49. The van der Waals surface area contributed by atoms with Crippen molar-refractivity contribution in [2.24, 2.45) is 0 Å². The van der Waals surface area contributed by atoms with Crippen molar-refractivity contribution in [3.8, 4) is 5.75 Å². The Morgan fingerprint density at radius 2 is 2.12 bits per heavy atom. The zero-order valence-corrected chi connectivity index (χ0v) is 9.93. The van der Waals surface area contributed by atoms with Crippen molar-refractivity contribution < 1.29 is 14.7 Å². The summed E-state index contributed by atoms with van der Waals surface area (Å²) < 4.78 is 0. The maximum absolute atomic E-state index is 11.4. The summed E-state index contributed by atoms with van der Waals surface area (Å²) in [4.78, 5) is 22.0. The van der Waals surface area contributed by atoms with Gasteiger partial charge < -0.3 is 10.4 Å². The average Bonchev–Trinajstić information content (AvgIpc) is 2.20. The number of amides is 1. The lowest BCUT2D eigenvalue weighted by molar-refractivity contribution is -0.114. The van der Waals surface area contributed by atoms with E-state index in [-0.39, 0.29) is 22.5 Å². The first-order valence-electron chi connectivity index (χ1n) is 4.72. The average molecular weight is 239 g/mol. The fourth-order valence-electron chi connectivity index (χ4n) is 1.10. The van der Waals surface area contributed by atoms with Crippen molar-refractivity contribution in [1.29, 1.82) is 0 Å². The number of nitrogens with one attached hydrogen (secondary N) is 1. The van der Waals surface area contributed by atoms with Gasteiger partial charge in [-0.25, -0.2) is 0 Å². The third-order valence-corrected chi connectivity index (χ3v) is 2.65. The van der Waals surface area contributed by atoms with Crippen LogP contribution in [-0.4, -0.2) is 21.9 Å². The number of carbonyl (C=O) groups is 2. The highest BCUT2D eigenvalue weighted by molar-refractivity contribution is 8.14. The molecule has 0 bridgehead atoms. The molecule has 0 atom stereocenters. The van der Waals surface area contributed by atoms with Crippen LogP contribution in [0.5, 0.6) is 5.75 Å². The van der Waals surface area contributed by atoms with Crippen molar-refractivity contribution >= 4 is 28.5 Å². The molecule has 5 heteroatoms. The first-order valence-corrected chi connectivity index (χ1v) is 5.70. The zero-order valence-electron chi connectivity index (χ0n) is 9.11. The van der Waals surface area contributed by atoms with Gasteiger partial charge in [-0.15, -0.1) is 0 Å². The van der Waals surface area contributed by atoms with Gasteiger partial charge >= 0.3 is 0 Å². The van der Waals surface area contributed by atoms with Gasteiger partial charge in [-0.2, -0.15) is 0 Å². The van der Waals surface area contributed by atoms with E-state index in [0.29, 0.717) is 5.69 Å². The summed E-state index contributed by atoms with van der Waals surface area (Å²) in [6, 6.07) is 4.93. The van der Waals surface area contributed by atoms with Crippen LogP contribution in [0.4, 0.5) is 5.69 Å². The highest BCUT2D eigenvalue weighted by atomic mass is 32.2. The molecule has 2 N–H and O–H groups in total. The molecule has 0 saturated heterocycles. The summed E-state index contributed by atoms with van der Waals surface area (Å²) in [5.41, 5.74) is 1.31. The molecule has 1 aromatic rings. The fraction of sp³-hybridized carbons (Fsp3) is 0.273. The molecular formula is C11H13NO3S. The van der Waals surface area contributed by atoms with Crippen molar-refractivity contribution in [3.63, 3.8) is 0 Å². The minimum absolute atomic E-state index is 0.0202. The van der Waals surface area contributed by atoms with Gasteiger partial charge in [0.1, 0.15) is 5.75 Å². The first kappa shape index (κ1) is 12.6. The Bertz CT molecular complexity index is 418. The molecule has 0 heterocycles. The Morgan fingerprint density at radius 3 is 2.75 bits per heavy atom. The number of rotatable bonds is 3. The predicted molar refractivity (Wildman–Crippen MR) is 64.6 cm³/mol. The third-order valence-electron chi connectivity index (χ3n) is 1.83. The van der Waals surface area contributed by atoms with Crippen LogP contribution in [0, 0.1) is 6.92 Å². The molecule has 0 spiro atoms. The van der Waals surface area contributed by atoms with Crippen LogP contribution in [0.1, 0.15) is 12.5 Å².